The van der Waals surface area contributed by atoms with Crippen LogP contribution in [0.15, 0.2) is 46.9 Å². The van der Waals surface area contributed by atoms with Gasteiger partial charge in [0.25, 0.3) is 0 Å². The number of rotatable bonds is 2. The Labute approximate surface area is 149 Å². The largest absolute Gasteiger partial charge is 0.508 e. The number of benzene rings is 2. The SMILES string of the molecule is Oc1ccc(-c2cc(Br)c(-c3ccc(O)cc3Cl)s2)c(Cl)c1. The van der Waals surface area contributed by atoms with E-state index in [1.54, 1.807) is 24.3 Å². The molecule has 0 aliphatic rings. The van der Waals surface area contributed by atoms with Crippen molar-refractivity contribution in [1.29, 1.82) is 0 Å². The molecule has 3 aromatic rings. The summed E-state index contributed by atoms with van der Waals surface area (Å²) in [6.07, 6.45) is 0. The first-order valence-electron chi connectivity index (χ1n) is 6.23. The Kier molecular flexibility index (Phi) is 4.37. The van der Waals surface area contributed by atoms with Gasteiger partial charge in [-0.1, -0.05) is 23.2 Å². The van der Waals surface area contributed by atoms with Gasteiger partial charge in [-0.2, -0.15) is 0 Å². The van der Waals surface area contributed by atoms with Crippen molar-refractivity contribution in [3.05, 3.63) is 57.0 Å². The van der Waals surface area contributed by atoms with Gasteiger partial charge in [-0.3, -0.25) is 0 Å². The van der Waals surface area contributed by atoms with E-state index >= 15 is 0 Å². The lowest BCUT2D eigenvalue weighted by Crippen LogP contribution is -1.76. The molecule has 2 nitrogen and oxygen atoms in total. The predicted octanol–water partition coefficient (Wildman–Crippen LogP) is 6.56. The minimum absolute atomic E-state index is 0.128. The number of thiophene rings is 1. The first-order chi connectivity index (χ1) is 10.5. The molecule has 22 heavy (non-hydrogen) atoms. The molecule has 0 spiro atoms. The molecule has 2 N–H and O–H groups in total. The molecule has 112 valence electrons. The molecule has 2 aromatic carbocycles. The Hall–Kier alpha value is -1.20. The molecule has 0 saturated heterocycles. The lowest BCUT2D eigenvalue weighted by atomic mass is 10.1. The Morgan fingerprint density at radius 3 is 1.91 bits per heavy atom. The number of halogens is 3. The molecule has 0 unspecified atom stereocenters. The minimum atomic E-state index is 0.128. The van der Waals surface area contributed by atoms with Crippen molar-refractivity contribution in [2.75, 3.05) is 0 Å². The molecule has 0 aliphatic carbocycles. The summed E-state index contributed by atoms with van der Waals surface area (Å²) in [4.78, 5) is 1.90. The lowest BCUT2D eigenvalue weighted by molar-refractivity contribution is 0.475. The van der Waals surface area contributed by atoms with Crippen molar-refractivity contribution >= 4 is 50.5 Å². The van der Waals surface area contributed by atoms with Crippen molar-refractivity contribution in [2.45, 2.75) is 0 Å². The maximum absolute atomic E-state index is 9.47. The molecular weight excluding hydrogens is 407 g/mol. The second kappa shape index (κ2) is 6.13. The van der Waals surface area contributed by atoms with Crippen LogP contribution in [0.4, 0.5) is 0 Å². The molecule has 0 bridgehead atoms. The predicted molar refractivity (Wildman–Crippen MR) is 96.2 cm³/mol. The fraction of sp³-hybridized carbons (Fsp3) is 0. The van der Waals surface area contributed by atoms with Crippen LogP contribution in [0, 0.1) is 0 Å². The van der Waals surface area contributed by atoms with Gasteiger partial charge < -0.3 is 10.2 Å². The van der Waals surface area contributed by atoms with Gasteiger partial charge in [-0.25, -0.2) is 0 Å². The third-order valence-corrected chi connectivity index (χ3v) is 5.82. The van der Waals surface area contributed by atoms with Gasteiger partial charge in [0.1, 0.15) is 11.5 Å². The Morgan fingerprint density at radius 2 is 1.36 bits per heavy atom. The van der Waals surface area contributed by atoms with Gasteiger partial charge in [0, 0.05) is 20.5 Å². The molecule has 0 fully saturated rings. The van der Waals surface area contributed by atoms with Gasteiger partial charge in [-0.15, -0.1) is 11.3 Å². The molecule has 0 radical (unpaired) electrons. The highest BCUT2D eigenvalue weighted by Gasteiger charge is 2.15. The fourth-order valence-electron chi connectivity index (χ4n) is 2.08. The monoisotopic (exact) mass is 414 g/mol. The maximum atomic E-state index is 9.47. The highest BCUT2D eigenvalue weighted by molar-refractivity contribution is 9.10. The van der Waals surface area contributed by atoms with E-state index in [1.165, 1.54) is 23.5 Å². The first-order valence-corrected chi connectivity index (χ1v) is 8.59. The summed E-state index contributed by atoms with van der Waals surface area (Å²) < 4.78 is 0.893. The number of aromatic hydroxyl groups is 2. The van der Waals surface area contributed by atoms with Crippen molar-refractivity contribution in [3.8, 4) is 32.4 Å². The van der Waals surface area contributed by atoms with E-state index in [4.69, 9.17) is 23.2 Å². The van der Waals surface area contributed by atoms with Crippen molar-refractivity contribution in [3.63, 3.8) is 0 Å². The molecule has 1 aromatic heterocycles. The summed E-state index contributed by atoms with van der Waals surface area (Å²) in [7, 11) is 0. The standard InChI is InChI=1S/C16H9BrCl2O2S/c17-12-7-15(10-3-1-8(20)5-13(10)18)22-16(12)11-4-2-9(21)6-14(11)19/h1-7,20-21H. The average Bonchev–Trinajstić information content (AvgIpc) is 2.80. The van der Waals surface area contributed by atoms with Gasteiger partial charge in [0.15, 0.2) is 0 Å². The zero-order valence-corrected chi connectivity index (χ0v) is 14.9. The smallest absolute Gasteiger partial charge is 0.117 e. The quantitative estimate of drug-likeness (QED) is 0.497. The summed E-state index contributed by atoms with van der Waals surface area (Å²) >= 11 is 17.5. The number of phenols is 2. The fourth-order valence-corrected chi connectivity index (χ4v) is 4.70. The lowest BCUT2D eigenvalue weighted by Gasteiger charge is -2.03. The summed E-state index contributed by atoms with van der Waals surface area (Å²) in [6, 6.07) is 11.7. The highest BCUT2D eigenvalue weighted by Crippen LogP contribution is 2.45. The van der Waals surface area contributed by atoms with Crippen LogP contribution in [0.1, 0.15) is 0 Å². The average molecular weight is 416 g/mol. The van der Waals surface area contributed by atoms with Crippen LogP contribution >= 0.6 is 50.5 Å². The van der Waals surface area contributed by atoms with Crippen LogP contribution in [-0.4, -0.2) is 10.2 Å². The van der Waals surface area contributed by atoms with Crippen molar-refractivity contribution < 1.29 is 10.2 Å². The molecule has 0 aliphatic heterocycles. The Bertz CT molecular complexity index is 861. The maximum Gasteiger partial charge on any atom is 0.117 e. The zero-order valence-electron chi connectivity index (χ0n) is 11.0. The van der Waals surface area contributed by atoms with E-state index in [1.807, 2.05) is 6.07 Å². The van der Waals surface area contributed by atoms with Crippen molar-refractivity contribution in [1.82, 2.24) is 0 Å². The Morgan fingerprint density at radius 1 is 0.818 bits per heavy atom. The van der Waals surface area contributed by atoms with Crippen LogP contribution < -0.4 is 0 Å². The van der Waals surface area contributed by atoms with E-state index in [-0.39, 0.29) is 11.5 Å². The normalized spacial score (nSPS) is 10.9. The number of hydrogen-bond acceptors (Lipinski definition) is 3. The minimum Gasteiger partial charge on any atom is -0.508 e. The second-order valence-corrected chi connectivity index (χ2v) is 7.34. The van der Waals surface area contributed by atoms with Crippen molar-refractivity contribution in [2.24, 2.45) is 0 Å². The Balaban J connectivity index is 2.11. The van der Waals surface area contributed by atoms with E-state index < -0.39 is 0 Å². The molecule has 3 rings (SSSR count). The third-order valence-electron chi connectivity index (χ3n) is 3.10. The van der Waals surface area contributed by atoms with Gasteiger partial charge >= 0.3 is 0 Å². The van der Waals surface area contributed by atoms with Crippen LogP contribution in [0.2, 0.25) is 10.0 Å². The van der Waals surface area contributed by atoms with Crippen LogP contribution in [0.25, 0.3) is 20.9 Å². The molecule has 0 amide bonds. The van der Waals surface area contributed by atoms with E-state index in [0.29, 0.717) is 10.0 Å². The van der Waals surface area contributed by atoms with Gasteiger partial charge in [0.05, 0.1) is 14.9 Å². The molecular formula is C16H9BrCl2O2S. The van der Waals surface area contributed by atoms with E-state index in [9.17, 15) is 10.2 Å². The summed E-state index contributed by atoms with van der Waals surface area (Å²) in [5, 5.41) is 19.9. The topological polar surface area (TPSA) is 40.5 Å². The number of hydrogen-bond donors (Lipinski definition) is 2. The number of phenolic OH excluding ortho intramolecular Hbond substituents is 2. The van der Waals surface area contributed by atoms with Gasteiger partial charge in [-0.05, 0) is 58.4 Å². The van der Waals surface area contributed by atoms with Gasteiger partial charge in [0.2, 0.25) is 0 Å². The molecule has 0 saturated carbocycles. The zero-order chi connectivity index (χ0) is 15.9. The second-order valence-electron chi connectivity index (χ2n) is 4.62. The van der Waals surface area contributed by atoms with Crippen LogP contribution in [0.5, 0.6) is 11.5 Å². The van der Waals surface area contributed by atoms with Crippen LogP contribution in [-0.2, 0) is 0 Å². The summed E-state index contributed by atoms with van der Waals surface area (Å²) in [5.41, 5.74) is 1.67. The van der Waals surface area contributed by atoms with E-state index in [0.717, 1.165) is 25.4 Å². The molecule has 0 atom stereocenters. The molecule has 1 heterocycles. The van der Waals surface area contributed by atoms with E-state index in [2.05, 4.69) is 15.9 Å². The van der Waals surface area contributed by atoms with Crippen LogP contribution in [0.3, 0.4) is 0 Å². The summed E-state index contributed by atoms with van der Waals surface area (Å²) in [5.74, 6) is 0.259. The first kappa shape index (κ1) is 15.7. The third kappa shape index (κ3) is 2.97. The summed E-state index contributed by atoms with van der Waals surface area (Å²) in [6.45, 7) is 0. The molecule has 6 heteroatoms. The highest BCUT2D eigenvalue weighted by atomic mass is 79.9.